The van der Waals surface area contributed by atoms with Gasteiger partial charge in [0.05, 0.1) is 0 Å². The summed E-state index contributed by atoms with van der Waals surface area (Å²) in [5.74, 6) is -0.0909. The molecular weight excluding hydrogens is 232 g/mol. The lowest BCUT2D eigenvalue weighted by molar-refractivity contribution is -0.114. The summed E-state index contributed by atoms with van der Waals surface area (Å²) in [5.41, 5.74) is 4.55. The molecule has 0 fully saturated rings. The molecule has 2 heteroatoms. The van der Waals surface area contributed by atoms with Gasteiger partial charge in [0.15, 0.2) is 0 Å². The van der Waals surface area contributed by atoms with Crippen molar-refractivity contribution in [3.05, 3.63) is 34.9 Å². The molecule has 0 amide bonds. The summed E-state index contributed by atoms with van der Waals surface area (Å²) < 4.78 is 0. The van der Waals surface area contributed by atoms with Crippen LogP contribution in [0.1, 0.15) is 37.5 Å². The molecule has 92 valence electrons. The van der Waals surface area contributed by atoms with E-state index in [2.05, 4.69) is 32.0 Å². The smallest absolute Gasteiger partial charge is 0.224 e. The molecule has 0 radical (unpaired) electrons. The fourth-order valence-electron chi connectivity index (χ4n) is 2.74. The topological polar surface area (TPSA) is 17.1 Å². The molecule has 1 aromatic carbocycles. The maximum atomic E-state index is 11.1. The van der Waals surface area contributed by atoms with Crippen LogP contribution in [0.25, 0.3) is 0 Å². The van der Waals surface area contributed by atoms with E-state index in [1.165, 1.54) is 16.7 Å². The zero-order chi connectivity index (χ0) is 12.6. The van der Waals surface area contributed by atoms with E-state index < -0.39 is 0 Å². The fraction of sp³-hybridized carbons (Fsp3) is 0.533. The Kier molecular flexibility index (Phi) is 3.31. The van der Waals surface area contributed by atoms with Crippen LogP contribution in [0.4, 0.5) is 0 Å². The molecule has 1 nitrogen and oxygen atoms in total. The Morgan fingerprint density at radius 1 is 1.41 bits per heavy atom. The van der Waals surface area contributed by atoms with E-state index in [0.29, 0.717) is 5.41 Å². The largest absolute Gasteiger partial charge is 0.281 e. The van der Waals surface area contributed by atoms with Gasteiger partial charge in [-0.1, -0.05) is 39.0 Å². The van der Waals surface area contributed by atoms with Crippen LogP contribution >= 0.6 is 11.6 Å². The van der Waals surface area contributed by atoms with Crippen LogP contribution < -0.4 is 0 Å². The normalized spacial score (nSPS) is 18.8. The van der Waals surface area contributed by atoms with Gasteiger partial charge < -0.3 is 0 Å². The minimum atomic E-state index is -0.236. The number of hydrogen-bond donors (Lipinski definition) is 0. The monoisotopic (exact) mass is 250 g/mol. The minimum absolute atomic E-state index is 0.0909. The van der Waals surface area contributed by atoms with Crippen molar-refractivity contribution in [3.8, 4) is 0 Å². The number of rotatable bonds is 3. The molecule has 1 unspecified atom stereocenters. The van der Waals surface area contributed by atoms with Gasteiger partial charge in [-0.3, -0.25) is 4.79 Å². The van der Waals surface area contributed by atoms with E-state index in [4.69, 9.17) is 11.6 Å². The van der Waals surface area contributed by atoms with E-state index in [1.54, 1.807) is 0 Å². The number of carbonyl (C=O) groups is 1. The van der Waals surface area contributed by atoms with Crippen molar-refractivity contribution in [3.63, 3.8) is 0 Å². The van der Waals surface area contributed by atoms with Crippen LogP contribution in [0, 0.1) is 11.3 Å². The number of halogens is 1. The van der Waals surface area contributed by atoms with Crippen LogP contribution in [-0.4, -0.2) is 5.24 Å². The van der Waals surface area contributed by atoms with Crippen LogP contribution in [0.15, 0.2) is 18.2 Å². The molecule has 0 heterocycles. The van der Waals surface area contributed by atoms with Gasteiger partial charge >= 0.3 is 0 Å². The van der Waals surface area contributed by atoms with Crippen molar-refractivity contribution in [2.75, 3.05) is 0 Å². The Balaban J connectivity index is 2.27. The second-order valence-electron chi connectivity index (χ2n) is 5.98. The van der Waals surface area contributed by atoms with Gasteiger partial charge in [0.2, 0.25) is 5.24 Å². The van der Waals surface area contributed by atoms with E-state index in [0.717, 1.165) is 19.3 Å². The third-order valence-electron chi connectivity index (χ3n) is 3.61. The predicted octanol–water partition coefficient (Wildman–Crippen LogP) is 3.76. The van der Waals surface area contributed by atoms with Crippen molar-refractivity contribution in [1.29, 1.82) is 0 Å². The molecule has 0 saturated carbocycles. The molecule has 1 aliphatic rings. The second-order valence-corrected chi connectivity index (χ2v) is 6.35. The standard InChI is InChI=1S/C15H19ClO/c1-10(14(16)17)7-11-5-4-6-12-8-15(2,3)9-13(11)12/h4-6,10H,7-9H2,1-3H3. The number of benzene rings is 1. The summed E-state index contributed by atoms with van der Waals surface area (Å²) in [6.45, 7) is 6.49. The molecule has 1 aliphatic carbocycles. The minimum Gasteiger partial charge on any atom is -0.281 e. The Bertz CT molecular complexity index is 448. The summed E-state index contributed by atoms with van der Waals surface area (Å²) in [5, 5.41) is -0.236. The van der Waals surface area contributed by atoms with Crippen molar-refractivity contribution in [1.82, 2.24) is 0 Å². The lowest BCUT2D eigenvalue weighted by Gasteiger charge is -2.16. The second kappa shape index (κ2) is 4.45. The highest BCUT2D eigenvalue weighted by atomic mass is 35.5. The Morgan fingerprint density at radius 2 is 2.12 bits per heavy atom. The molecule has 0 spiro atoms. The molecule has 1 aromatic rings. The summed E-state index contributed by atoms with van der Waals surface area (Å²) in [6.07, 6.45) is 3.02. The maximum absolute atomic E-state index is 11.1. The Morgan fingerprint density at radius 3 is 2.76 bits per heavy atom. The van der Waals surface area contributed by atoms with Crippen LogP contribution in [-0.2, 0) is 24.1 Å². The first-order valence-electron chi connectivity index (χ1n) is 6.18. The average molecular weight is 251 g/mol. The molecule has 0 bridgehead atoms. The van der Waals surface area contributed by atoms with Gasteiger partial charge in [0.25, 0.3) is 0 Å². The quantitative estimate of drug-likeness (QED) is 0.747. The van der Waals surface area contributed by atoms with Crippen molar-refractivity contribution in [2.45, 2.75) is 40.0 Å². The highest BCUT2D eigenvalue weighted by Crippen LogP contribution is 2.38. The van der Waals surface area contributed by atoms with Crippen LogP contribution in [0.5, 0.6) is 0 Å². The van der Waals surface area contributed by atoms with Crippen LogP contribution in [0.3, 0.4) is 0 Å². The molecule has 1 atom stereocenters. The number of fused-ring (bicyclic) bond motifs is 1. The molecule has 17 heavy (non-hydrogen) atoms. The lowest BCUT2D eigenvalue weighted by Crippen LogP contribution is -2.11. The molecule has 0 N–H and O–H groups in total. The van der Waals surface area contributed by atoms with Gasteiger partial charge in [0.1, 0.15) is 0 Å². The zero-order valence-corrected chi connectivity index (χ0v) is 11.5. The third-order valence-corrected chi connectivity index (χ3v) is 3.98. The summed E-state index contributed by atoms with van der Waals surface area (Å²) in [7, 11) is 0. The molecule has 0 aromatic heterocycles. The highest BCUT2D eigenvalue weighted by Gasteiger charge is 2.30. The average Bonchev–Trinajstić information content (AvgIpc) is 2.53. The zero-order valence-electron chi connectivity index (χ0n) is 10.7. The van der Waals surface area contributed by atoms with Gasteiger partial charge in [-0.2, -0.15) is 0 Å². The van der Waals surface area contributed by atoms with Crippen molar-refractivity contribution >= 4 is 16.8 Å². The van der Waals surface area contributed by atoms with E-state index in [1.807, 2.05) is 6.92 Å². The van der Waals surface area contributed by atoms with Gasteiger partial charge in [-0.05, 0) is 53.0 Å². The third kappa shape index (κ3) is 2.71. The lowest BCUT2D eigenvalue weighted by atomic mass is 9.89. The first kappa shape index (κ1) is 12.6. The van der Waals surface area contributed by atoms with Gasteiger partial charge in [-0.25, -0.2) is 0 Å². The first-order chi connectivity index (χ1) is 7.89. The van der Waals surface area contributed by atoms with Crippen molar-refractivity contribution < 1.29 is 4.79 Å². The van der Waals surface area contributed by atoms with E-state index in [9.17, 15) is 4.79 Å². The first-order valence-corrected chi connectivity index (χ1v) is 6.56. The SMILES string of the molecule is CC(Cc1cccc2c1CC(C)(C)C2)C(=O)Cl. The summed E-state index contributed by atoms with van der Waals surface area (Å²) in [6, 6.07) is 6.44. The summed E-state index contributed by atoms with van der Waals surface area (Å²) >= 11 is 5.55. The molecule has 0 aliphatic heterocycles. The molecule has 0 saturated heterocycles. The fourth-order valence-corrected chi connectivity index (χ4v) is 2.82. The van der Waals surface area contributed by atoms with E-state index >= 15 is 0 Å². The Labute approximate surface area is 108 Å². The number of hydrogen-bond acceptors (Lipinski definition) is 1. The highest BCUT2D eigenvalue weighted by molar-refractivity contribution is 6.63. The van der Waals surface area contributed by atoms with Crippen molar-refractivity contribution in [2.24, 2.45) is 11.3 Å². The van der Waals surface area contributed by atoms with Gasteiger partial charge in [0, 0.05) is 5.92 Å². The summed E-state index contributed by atoms with van der Waals surface area (Å²) in [4.78, 5) is 11.1. The molecular formula is C15H19ClO. The molecule has 2 rings (SSSR count). The predicted molar refractivity (Wildman–Crippen MR) is 71.4 cm³/mol. The van der Waals surface area contributed by atoms with E-state index in [-0.39, 0.29) is 11.2 Å². The Hall–Kier alpha value is -0.820. The maximum Gasteiger partial charge on any atom is 0.224 e. The number of carbonyl (C=O) groups excluding carboxylic acids is 1. The van der Waals surface area contributed by atoms with Gasteiger partial charge in [-0.15, -0.1) is 0 Å². The van der Waals surface area contributed by atoms with Crippen LogP contribution in [0.2, 0.25) is 0 Å².